The predicted octanol–water partition coefficient (Wildman–Crippen LogP) is 2.97. The summed E-state index contributed by atoms with van der Waals surface area (Å²) in [4.78, 5) is 2.33. The molecule has 3 rings (SSSR count). The SMILES string of the molecule is CN1CC(c2ccc(C3(C)CCCN3)cc2Cl)C1. The number of nitrogens with one attached hydrogen (secondary N) is 1. The van der Waals surface area contributed by atoms with Crippen LogP contribution in [0.5, 0.6) is 0 Å². The Bertz CT molecular complexity index is 446. The second-order valence-corrected chi connectivity index (χ2v) is 6.42. The van der Waals surface area contributed by atoms with E-state index in [-0.39, 0.29) is 5.54 Å². The number of rotatable bonds is 2. The highest BCUT2D eigenvalue weighted by atomic mass is 35.5. The molecule has 1 aromatic rings. The standard InChI is InChI=1S/C15H21ClN2/c1-15(6-3-7-17-15)12-4-5-13(14(16)8-12)11-9-18(2)10-11/h4-5,8,11,17H,3,6-7,9-10H2,1-2H3. The van der Waals surface area contributed by atoms with Crippen molar-refractivity contribution in [1.82, 2.24) is 10.2 Å². The van der Waals surface area contributed by atoms with Crippen LogP contribution in [0, 0.1) is 0 Å². The third-order valence-electron chi connectivity index (χ3n) is 4.51. The van der Waals surface area contributed by atoms with E-state index in [1.165, 1.54) is 24.0 Å². The van der Waals surface area contributed by atoms with E-state index >= 15 is 0 Å². The van der Waals surface area contributed by atoms with Crippen LogP contribution in [0.4, 0.5) is 0 Å². The van der Waals surface area contributed by atoms with Gasteiger partial charge in [0.05, 0.1) is 0 Å². The molecule has 3 heteroatoms. The molecule has 1 unspecified atom stereocenters. The number of likely N-dealkylation sites (tertiary alicyclic amines) is 1. The highest BCUT2D eigenvalue weighted by molar-refractivity contribution is 6.31. The smallest absolute Gasteiger partial charge is 0.0445 e. The predicted molar refractivity (Wildman–Crippen MR) is 76.3 cm³/mol. The van der Waals surface area contributed by atoms with Crippen LogP contribution in [0.3, 0.4) is 0 Å². The molecule has 2 saturated heterocycles. The summed E-state index contributed by atoms with van der Waals surface area (Å²) in [5.41, 5.74) is 2.78. The van der Waals surface area contributed by atoms with Crippen molar-refractivity contribution < 1.29 is 0 Å². The Hall–Kier alpha value is -0.570. The molecule has 18 heavy (non-hydrogen) atoms. The summed E-state index contributed by atoms with van der Waals surface area (Å²) >= 11 is 6.48. The Labute approximate surface area is 114 Å². The molecule has 0 aliphatic carbocycles. The van der Waals surface area contributed by atoms with E-state index in [2.05, 4.69) is 42.4 Å². The fourth-order valence-electron chi connectivity index (χ4n) is 3.24. The van der Waals surface area contributed by atoms with Crippen molar-refractivity contribution in [3.63, 3.8) is 0 Å². The van der Waals surface area contributed by atoms with Gasteiger partial charge in [-0.3, -0.25) is 0 Å². The molecule has 2 heterocycles. The zero-order chi connectivity index (χ0) is 12.8. The average Bonchev–Trinajstić information content (AvgIpc) is 2.74. The van der Waals surface area contributed by atoms with E-state index < -0.39 is 0 Å². The molecule has 0 spiro atoms. The van der Waals surface area contributed by atoms with E-state index in [0.717, 1.165) is 24.7 Å². The first-order chi connectivity index (χ1) is 8.58. The summed E-state index contributed by atoms with van der Waals surface area (Å²) in [5.74, 6) is 0.626. The van der Waals surface area contributed by atoms with Crippen LogP contribution in [-0.2, 0) is 5.54 Å². The number of hydrogen-bond acceptors (Lipinski definition) is 2. The quantitative estimate of drug-likeness (QED) is 0.884. The topological polar surface area (TPSA) is 15.3 Å². The monoisotopic (exact) mass is 264 g/mol. The number of hydrogen-bond donors (Lipinski definition) is 1. The van der Waals surface area contributed by atoms with Crippen LogP contribution in [0.2, 0.25) is 5.02 Å². The Morgan fingerprint density at radius 2 is 2.17 bits per heavy atom. The summed E-state index contributed by atoms with van der Waals surface area (Å²) < 4.78 is 0. The minimum absolute atomic E-state index is 0.124. The van der Waals surface area contributed by atoms with Crippen molar-refractivity contribution in [2.75, 3.05) is 26.7 Å². The third kappa shape index (κ3) is 2.07. The molecule has 1 N–H and O–H groups in total. The molecule has 0 aromatic heterocycles. The van der Waals surface area contributed by atoms with Crippen LogP contribution in [0.1, 0.15) is 36.8 Å². The Morgan fingerprint density at radius 1 is 1.39 bits per heavy atom. The largest absolute Gasteiger partial charge is 0.308 e. The van der Waals surface area contributed by atoms with E-state index in [4.69, 9.17) is 11.6 Å². The fourth-order valence-corrected chi connectivity index (χ4v) is 3.57. The van der Waals surface area contributed by atoms with Gasteiger partial charge in [-0.05, 0) is 50.6 Å². The summed E-state index contributed by atoms with van der Waals surface area (Å²) in [6.07, 6.45) is 2.46. The maximum atomic E-state index is 6.48. The van der Waals surface area contributed by atoms with Crippen molar-refractivity contribution >= 4 is 11.6 Å². The molecule has 2 aliphatic heterocycles. The first kappa shape index (κ1) is 12.5. The second-order valence-electron chi connectivity index (χ2n) is 6.02. The summed E-state index contributed by atoms with van der Waals surface area (Å²) in [6.45, 7) is 5.66. The van der Waals surface area contributed by atoms with Crippen molar-refractivity contribution in [3.05, 3.63) is 34.3 Å². The van der Waals surface area contributed by atoms with Crippen LogP contribution in [-0.4, -0.2) is 31.6 Å². The van der Waals surface area contributed by atoms with Gasteiger partial charge in [0.25, 0.3) is 0 Å². The van der Waals surface area contributed by atoms with E-state index in [1.807, 2.05) is 0 Å². The van der Waals surface area contributed by atoms with Crippen LogP contribution >= 0.6 is 11.6 Å². The van der Waals surface area contributed by atoms with Gasteiger partial charge in [-0.15, -0.1) is 0 Å². The van der Waals surface area contributed by atoms with Gasteiger partial charge in [-0.1, -0.05) is 23.7 Å². The van der Waals surface area contributed by atoms with Gasteiger partial charge in [0, 0.05) is 29.6 Å². The molecule has 0 radical (unpaired) electrons. The molecule has 0 bridgehead atoms. The van der Waals surface area contributed by atoms with Gasteiger partial charge in [-0.2, -0.15) is 0 Å². The molecular weight excluding hydrogens is 244 g/mol. The third-order valence-corrected chi connectivity index (χ3v) is 4.84. The summed E-state index contributed by atoms with van der Waals surface area (Å²) in [5, 5.41) is 4.54. The van der Waals surface area contributed by atoms with Gasteiger partial charge < -0.3 is 10.2 Å². The van der Waals surface area contributed by atoms with Crippen molar-refractivity contribution in [2.45, 2.75) is 31.2 Å². The minimum atomic E-state index is 0.124. The number of likely N-dealkylation sites (N-methyl/N-ethyl adjacent to an activating group) is 1. The molecular formula is C15H21ClN2. The number of nitrogens with zero attached hydrogens (tertiary/aromatic N) is 1. The van der Waals surface area contributed by atoms with Gasteiger partial charge in [0.2, 0.25) is 0 Å². The lowest BCUT2D eigenvalue weighted by atomic mass is 9.86. The summed E-state index contributed by atoms with van der Waals surface area (Å²) in [7, 11) is 2.16. The zero-order valence-electron chi connectivity index (χ0n) is 11.2. The molecule has 0 amide bonds. The first-order valence-corrected chi connectivity index (χ1v) is 7.20. The van der Waals surface area contributed by atoms with Gasteiger partial charge >= 0.3 is 0 Å². The number of benzene rings is 1. The van der Waals surface area contributed by atoms with Gasteiger partial charge in [0.1, 0.15) is 0 Å². The Kier molecular flexibility index (Phi) is 3.13. The Balaban J connectivity index is 1.85. The molecule has 0 saturated carbocycles. The van der Waals surface area contributed by atoms with Gasteiger partial charge in [-0.25, -0.2) is 0 Å². The molecule has 1 atom stereocenters. The zero-order valence-corrected chi connectivity index (χ0v) is 11.9. The van der Waals surface area contributed by atoms with Crippen LogP contribution in [0.25, 0.3) is 0 Å². The van der Waals surface area contributed by atoms with E-state index in [0.29, 0.717) is 5.92 Å². The lowest BCUT2D eigenvalue weighted by Gasteiger charge is -2.37. The minimum Gasteiger partial charge on any atom is -0.308 e. The van der Waals surface area contributed by atoms with Crippen LogP contribution < -0.4 is 5.32 Å². The normalized spacial score (nSPS) is 29.5. The number of halogens is 1. The highest BCUT2D eigenvalue weighted by Gasteiger charge is 2.32. The molecule has 2 aliphatic rings. The average molecular weight is 265 g/mol. The first-order valence-electron chi connectivity index (χ1n) is 6.82. The Morgan fingerprint density at radius 3 is 2.72 bits per heavy atom. The van der Waals surface area contributed by atoms with E-state index in [9.17, 15) is 0 Å². The van der Waals surface area contributed by atoms with E-state index in [1.54, 1.807) is 0 Å². The second kappa shape index (κ2) is 4.52. The molecule has 2 fully saturated rings. The van der Waals surface area contributed by atoms with Crippen molar-refractivity contribution in [3.8, 4) is 0 Å². The fraction of sp³-hybridized carbons (Fsp3) is 0.600. The maximum absolute atomic E-state index is 6.48. The lowest BCUT2D eigenvalue weighted by Crippen LogP contribution is -2.41. The maximum Gasteiger partial charge on any atom is 0.0445 e. The van der Waals surface area contributed by atoms with Crippen molar-refractivity contribution in [2.24, 2.45) is 0 Å². The van der Waals surface area contributed by atoms with Crippen LogP contribution in [0.15, 0.2) is 18.2 Å². The summed E-state index contributed by atoms with van der Waals surface area (Å²) in [6, 6.07) is 6.67. The molecule has 2 nitrogen and oxygen atoms in total. The highest BCUT2D eigenvalue weighted by Crippen LogP contribution is 2.36. The van der Waals surface area contributed by atoms with Crippen molar-refractivity contribution in [1.29, 1.82) is 0 Å². The molecule has 1 aromatic carbocycles. The van der Waals surface area contributed by atoms with Gasteiger partial charge in [0.15, 0.2) is 0 Å². The lowest BCUT2D eigenvalue weighted by molar-refractivity contribution is 0.190. The molecule has 98 valence electrons.